The monoisotopic (exact) mass is 336 g/mol. The van der Waals surface area contributed by atoms with Gasteiger partial charge in [-0.15, -0.1) is 0 Å². The fourth-order valence-corrected chi connectivity index (χ4v) is 3.88. The van der Waals surface area contributed by atoms with Crippen LogP contribution in [0.2, 0.25) is 0 Å². The summed E-state index contributed by atoms with van der Waals surface area (Å²) in [5.74, 6) is 0.987. The van der Waals surface area contributed by atoms with E-state index in [1.54, 1.807) is 12.1 Å². The zero-order valence-corrected chi connectivity index (χ0v) is 14.5. The lowest BCUT2D eigenvalue weighted by molar-refractivity contribution is 0.445. The van der Waals surface area contributed by atoms with Gasteiger partial charge in [0.1, 0.15) is 10.7 Å². The summed E-state index contributed by atoms with van der Waals surface area (Å²) in [5.41, 5.74) is 2.85. The lowest BCUT2D eigenvalue weighted by Gasteiger charge is -2.18. The maximum absolute atomic E-state index is 12.4. The average molecular weight is 336 g/mol. The Morgan fingerprint density at radius 3 is 2.70 bits per heavy atom. The van der Waals surface area contributed by atoms with Gasteiger partial charge < -0.3 is 0 Å². The molecule has 1 aromatic rings. The van der Waals surface area contributed by atoms with Crippen molar-refractivity contribution in [3.05, 3.63) is 30.5 Å². The largest absolute Gasteiger partial charge is 0.262 e. The van der Waals surface area contributed by atoms with Crippen LogP contribution < -0.4 is 5.43 Å². The van der Waals surface area contributed by atoms with Crippen molar-refractivity contribution in [2.45, 2.75) is 38.0 Å². The van der Waals surface area contributed by atoms with Crippen LogP contribution in [-0.2, 0) is 10.0 Å². The van der Waals surface area contributed by atoms with E-state index in [-0.39, 0.29) is 4.90 Å². The molecule has 2 rings (SSSR count). The second kappa shape index (κ2) is 8.21. The molecule has 0 bridgehead atoms. The quantitative estimate of drug-likeness (QED) is 0.472. The highest BCUT2D eigenvalue weighted by molar-refractivity contribution is 7.89. The van der Waals surface area contributed by atoms with Gasteiger partial charge in [-0.05, 0) is 37.3 Å². The number of anilines is 1. The molecular formula is C16H24N4O2S. The maximum atomic E-state index is 12.4. The van der Waals surface area contributed by atoms with Gasteiger partial charge in [-0.2, -0.15) is 9.41 Å². The number of aromatic nitrogens is 1. The minimum absolute atomic E-state index is 0.202. The molecular weight excluding hydrogens is 312 g/mol. The highest BCUT2D eigenvalue weighted by Gasteiger charge is 2.21. The first-order chi connectivity index (χ1) is 11.1. The molecule has 0 aromatic carbocycles. The van der Waals surface area contributed by atoms with E-state index in [1.807, 2.05) is 20.1 Å². The van der Waals surface area contributed by atoms with E-state index in [0.717, 1.165) is 19.3 Å². The summed E-state index contributed by atoms with van der Waals surface area (Å²) in [6, 6.07) is 3.19. The molecule has 6 nitrogen and oxygen atoms in total. The van der Waals surface area contributed by atoms with Crippen LogP contribution in [0.1, 0.15) is 33.1 Å². The summed E-state index contributed by atoms with van der Waals surface area (Å²) in [7, 11) is -3.46. The van der Waals surface area contributed by atoms with Crippen molar-refractivity contribution in [3.63, 3.8) is 0 Å². The first-order valence-electron chi connectivity index (χ1n) is 7.98. The molecule has 0 saturated carbocycles. The Labute approximate surface area is 138 Å². The number of rotatable bonds is 7. The second-order valence-corrected chi connectivity index (χ2v) is 7.34. The first-order valence-corrected chi connectivity index (χ1v) is 9.42. The predicted octanol–water partition coefficient (Wildman–Crippen LogP) is 2.87. The van der Waals surface area contributed by atoms with Crippen molar-refractivity contribution in [2.75, 3.05) is 18.5 Å². The van der Waals surface area contributed by atoms with E-state index in [2.05, 4.69) is 27.7 Å². The number of pyridine rings is 1. The zero-order valence-electron chi connectivity index (χ0n) is 13.6. The molecule has 23 heavy (non-hydrogen) atoms. The summed E-state index contributed by atoms with van der Waals surface area (Å²) in [5, 5.41) is 4.19. The summed E-state index contributed by atoms with van der Waals surface area (Å²) in [6.07, 6.45) is 10.8. The third kappa shape index (κ3) is 4.62. The van der Waals surface area contributed by atoms with E-state index >= 15 is 0 Å². The number of allylic oxidation sites excluding steroid dienone is 2. The highest BCUT2D eigenvalue weighted by atomic mass is 32.2. The van der Waals surface area contributed by atoms with Crippen molar-refractivity contribution in [1.29, 1.82) is 0 Å². The molecule has 0 unspecified atom stereocenters. The van der Waals surface area contributed by atoms with E-state index in [0.29, 0.717) is 24.8 Å². The van der Waals surface area contributed by atoms with Crippen LogP contribution in [0.3, 0.4) is 0 Å². The van der Waals surface area contributed by atoms with Gasteiger partial charge in [0.05, 0.1) is 0 Å². The summed E-state index contributed by atoms with van der Waals surface area (Å²) >= 11 is 0. The molecule has 126 valence electrons. The Morgan fingerprint density at radius 1 is 1.35 bits per heavy atom. The number of nitrogens with zero attached hydrogens (tertiary/aromatic N) is 3. The van der Waals surface area contributed by atoms with Crippen LogP contribution >= 0.6 is 0 Å². The van der Waals surface area contributed by atoms with E-state index < -0.39 is 10.0 Å². The zero-order chi connectivity index (χ0) is 16.7. The topological polar surface area (TPSA) is 74.7 Å². The molecule has 0 fully saturated rings. The third-order valence-electron chi connectivity index (χ3n) is 3.85. The van der Waals surface area contributed by atoms with Crippen molar-refractivity contribution in [1.82, 2.24) is 9.29 Å². The highest BCUT2D eigenvalue weighted by Crippen LogP contribution is 2.17. The Balaban J connectivity index is 1.99. The number of sulfonamides is 1. The van der Waals surface area contributed by atoms with Gasteiger partial charge in [-0.3, -0.25) is 5.43 Å². The van der Waals surface area contributed by atoms with Crippen molar-refractivity contribution in [3.8, 4) is 0 Å². The fourth-order valence-electron chi connectivity index (χ4n) is 2.47. The van der Waals surface area contributed by atoms with Crippen molar-refractivity contribution in [2.24, 2.45) is 11.0 Å². The maximum Gasteiger partial charge on any atom is 0.244 e. The van der Waals surface area contributed by atoms with Gasteiger partial charge >= 0.3 is 0 Å². The van der Waals surface area contributed by atoms with E-state index in [9.17, 15) is 8.42 Å². The Kier molecular flexibility index (Phi) is 6.29. The molecule has 7 heteroatoms. The van der Waals surface area contributed by atoms with Crippen molar-refractivity contribution >= 4 is 22.1 Å². The molecule has 1 N–H and O–H groups in total. The molecule has 1 heterocycles. The normalized spacial score (nSPS) is 18.7. The van der Waals surface area contributed by atoms with Gasteiger partial charge in [-0.1, -0.05) is 26.0 Å². The van der Waals surface area contributed by atoms with Crippen LogP contribution in [0.25, 0.3) is 0 Å². The number of hydrazone groups is 1. The Bertz CT molecular complexity index is 649. The van der Waals surface area contributed by atoms with Crippen LogP contribution in [0.15, 0.2) is 40.5 Å². The number of hydrogen-bond acceptors (Lipinski definition) is 5. The number of hydrogen-bond donors (Lipinski definition) is 1. The third-order valence-corrected chi connectivity index (χ3v) is 5.89. The minimum Gasteiger partial charge on any atom is -0.262 e. The lowest BCUT2D eigenvalue weighted by Crippen LogP contribution is -2.30. The Morgan fingerprint density at radius 2 is 2.13 bits per heavy atom. The first kappa shape index (κ1) is 17.6. The standard InChI is InChI=1S/C16H24N4O2S/c1-3-20(4-2)23(21,22)15-10-11-16(17-13-15)19-18-12-14-8-6-5-7-9-14/h5-6,10-14H,3-4,7-9H2,1-2H3,(H,17,19)/b18-12-/t14-/m0/s1. The molecule has 1 aliphatic rings. The summed E-state index contributed by atoms with van der Waals surface area (Å²) in [4.78, 5) is 4.34. The van der Waals surface area contributed by atoms with Crippen LogP contribution in [0.5, 0.6) is 0 Å². The molecule has 0 amide bonds. The van der Waals surface area contributed by atoms with Crippen LogP contribution in [-0.4, -0.2) is 37.0 Å². The summed E-state index contributed by atoms with van der Waals surface area (Å²) in [6.45, 7) is 4.52. The molecule has 1 aromatic heterocycles. The summed E-state index contributed by atoms with van der Waals surface area (Å²) < 4.78 is 26.1. The SMILES string of the molecule is CCN(CC)S(=O)(=O)c1ccc(N/N=C\[C@H]2CC=CCC2)nc1. The van der Waals surface area contributed by atoms with Gasteiger partial charge in [0.15, 0.2) is 0 Å². The van der Waals surface area contributed by atoms with Crippen LogP contribution in [0.4, 0.5) is 5.82 Å². The van der Waals surface area contributed by atoms with E-state index in [1.165, 1.54) is 10.5 Å². The molecule has 1 aliphatic carbocycles. The molecule has 1 atom stereocenters. The molecule has 0 radical (unpaired) electrons. The van der Waals surface area contributed by atoms with Gasteiger partial charge in [0, 0.05) is 25.5 Å². The van der Waals surface area contributed by atoms with E-state index in [4.69, 9.17) is 0 Å². The number of nitrogens with one attached hydrogen (secondary N) is 1. The smallest absolute Gasteiger partial charge is 0.244 e. The molecule has 0 saturated heterocycles. The second-order valence-electron chi connectivity index (χ2n) is 5.40. The average Bonchev–Trinajstić information content (AvgIpc) is 2.57. The van der Waals surface area contributed by atoms with Crippen LogP contribution in [0, 0.1) is 5.92 Å². The van der Waals surface area contributed by atoms with Gasteiger partial charge in [0.2, 0.25) is 10.0 Å². The molecule has 0 aliphatic heterocycles. The lowest BCUT2D eigenvalue weighted by atomic mass is 9.96. The Hall–Kier alpha value is -1.73. The van der Waals surface area contributed by atoms with Crippen molar-refractivity contribution < 1.29 is 8.42 Å². The van der Waals surface area contributed by atoms with Gasteiger partial charge in [0.25, 0.3) is 0 Å². The molecule has 0 spiro atoms. The predicted molar refractivity (Wildman–Crippen MR) is 92.9 cm³/mol. The van der Waals surface area contributed by atoms with Gasteiger partial charge in [-0.25, -0.2) is 13.4 Å². The fraction of sp³-hybridized carbons (Fsp3) is 0.500. The minimum atomic E-state index is -3.46.